The Morgan fingerprint density at radius 3 is 2.36 bits per heavy atom. The van der Waals surface area contributed by atoms with Crippen LogP contribution in [-0.2, 0) is 12.0 Å². The fourth-order valence-corrected chi connectivity index (χ4v) is 4.34. The number of nitrogens with zero attached hydrogens (tertiary/aromatic N) is 1. The Morgan fingerprint density at radius 2 is 1.85 bits per heavy atom. The summed E-state index contributed by atoms with van der Waals surface area (Å²) in [6.45, 7) is 15.6. The van der Waals surface area contributed by atoms with E-state index in [2.05, 4.69) is 54.8 Å². The van der Waals surface area contributed by atoms with Gasteiger partial charge in [-0.25, -0.2) is 0 Å². The first-order valence-corrected chi connectivity index (χ1v) is 11.9. The van der Waals surface area contributed by atoms with E-state index in [4.69, 9.17) is 11.2 Å². The van der Waals surface area contributed by atoms with Crippen LogP contribution in [0.2, 0.25) is 0 Å². The Hall–Kier alpha value is -2.71. The van der Waals surface area contributed by atoms with Gasteiger partial charge in [-0.3, -0.25) is 4.79 Å². The summed E-state index contributed by atoms with van der Waals surface area (Å²) in [5.74, 6) is 3.09. The standard InChI is InChI=1S/C28H40N2O3/c1-9-17-29-26(32)22-14-16-24(30(22)12-4)28(10-2,11-3)21-13-15-23(20(5)18-21)33-19-25(31)27(6,7)8/h1,13-16,18,25,31H,10-12,17,19H2,2-8H3,(H,29,32). The summed E-state index contributed by atoms with van der Waals surface area (Å²) in [6.07, 6.45) is 6.54. The molecule has 33 heavy (non-hydrogen) atoms. The number of carbonyl (C=O) groups excluding carboxylic acids is 1. The Bertz CT molecular complexity index is 988. The molecule has 1 heterocycles. The molecule has 2 rings (SSSR count). The minimum Gasteiger partial charge on any atom is -0.491 e. The van der Waals surface area contributed by atoms with Gasteiger partial charge in [0.05, 0.1) is 12.6 Å². The lowest BCUT2D eigenvalue weighted by molar-refractivity contribution is 0.0216. The van der Waals surface area contributed by atoms with Gasteiger partial charge in [0.1, 0.15) is 18.1 Å². The van der Waals surface area contributed by atoms with Crippen molar-refractivity contribution in [1.29, 1.82) is 0 Å². The van der Waals surface area contributed by atoms with E-state index in [1.165, 1.54) is 5.56 Å². The molecule has 5 nitrogen and oxygen atoms in total. The predicted molar refractivity (Wildman–Crippen MR) is 135 cm³/mol. The summed E-state index contributed by atoms with van der Waals surface area (Å²) in [4.78, 5) is 12.7. The van der Waals surface area contributed by atoms with Crippen molar-refractivity contribution in [1.82, 2.24) is 9.88 Å². The topological polar surface area (TPSA) is 63.5 Å². The quantitative estimate of drug-likeness (QED) is 0.495. The molecule has 1 unspecified atom stereocenters. The number of hydrogen-bond donors (Lipinski definition) is 2. The first-order chi connectivity index (χ1) is 15.5. The minimum absolute atomic E-state index is 0.153. The number of amides is 1. The van der Waals surface area contributed by atoms with Crippen LogP contribution in [0.25, 0.3) is 0 Å². The summed E-state index contributed by atoms with van der Waals surface area (Å²) < 4.78 is 8.05. The van der Waals surface area contributed by atoms with E-state index in [0.29, 0.717) is 12.2 Å². The van der Waals surface area contributed by atoms with E-state index < -0.39 is 6.10 Å². The molecule has 1 atom stereocenters. The average molecular weight is 453 g/mol. The van der Waals surface area contributed by atoms with Crippen molar-refractivity contribution in [2.45, 2.75) is 79.4 Å². The molecule has 0 aliphatic carbocycles. The largest absolute Gasteiger partial charge is 0.491 e. The fraction of sp³-hybridized carbons (Fsp3) is 0.536. The van der Waals surface area contributed by atoms with E-state index in [-0.39, 0.29) is 29.9 Å². The summed E-state index contributed by atoms with van der Waals surface area (Å²) in [6, 6.07) is 10.3. The van der Waals surface area contributed by atoms with Gasteiger partial charge in [-0.2, -0.15) is 0 Å². The van der Waals surface area contributed by atoms with Gasteiger partial charge in [0, 0.05) is 17.7 Å². The zero-order valence-corrected chi connectivity index (χ0v) is 21.3. The maximum Gasteiger partial charge on any atom is 0.268 e. The van der Waals surface area contributed by atoms with Gasteiger partial charge >= 0.3 is 0 Å². The van der Waals surface area contributed by atoms with E-state index in [1.807, 2.05) is 39.8 Å². The molecule has 0 fully saturated rings. The number of aromatic nitrogens is 1. The number of ether oxygens (including phenoxy) is 1. The Labute approximate surface area is 199 Å². The lowest BCUT2D eigenvalue weighted by atomic mass is 9.72. The highest BCUT2D eigenvalue weighted by Gasteiger charge is 2.35. The highest BCUT2D eigenvalue weighted by Crippen LogP contribution is 2.41. The molecule has 2 N–H and O–H groups in total. The molecule has 2 aromatic rings. The molecule has 0 aliphatic rings. The summed E-state index contributed by atoms with van der Waals surface area (Å²) in [5, 5.41) is 13.1. The maximum absolute atomic E-state index is 12.7. The third kappa shape index (κ3) is 5.62. The number of terminal acetylenes is 1. The number of rotatable bonds is 10. The number of aryl methyl sites for hydroxylation is 1. The van der Waals surface area contributed by atoms with Gasteiger partial charge in [-0.15, -0.1) is 6.42 Å². The number of nitrogens with one attached hydrogen (secondary N) is 1. The molecular formula is C28H40N2O3. The second-order valence-corrected chi connectivity index (χ2v) is 9.70. The highest BCUT2D eigenvalue weighted by molar-refractivity contribution is 5.93. The summed E-state index contributed by atoms with van der Waals surface area (Å²) in [7, 11) is 0. The molecule has 1 amide bonds. The second-order valence-electron chi connectivity index (χ2n) is 9.70. The SMILES string of the molecule is C#CCNC(=O)c1ccc(C(CC)(CC)c2ccc(OCC(O)C(C)(C)C)c(C)c2)n1CC. The zero-order chi connectivity index (χ0) is 24.8. The molecule has 1 aromatic heterocycles. The van der Waals surface area contributed by atoms with Crippen LogP contribution in [0.5, 0.6) is 5.75 Å². The van der Waals surface area contributed by atoms with E-state index in [1.54, 1.807) is 0 Å². The van der Waals surface area contributed by atoms with E-state index >= 15 is 0 Å². The molecule has 1 aromatic carbocycles. The van der Waals surface area contributed by atoms with Crippen molar-refractivity contribution in [3.05, 3.63) is 52.8 Å². The Kier molecular flexibility index (Phi) is 8.80. The molecule has 180 valence electrons. The van der Waals surface area contributed by atoms with Crippen LogP contribution in [0.3, 0.4) is 0 Å². The molecule has 5 heteroatoms. The number of benzene rings is 1. The van der Waals surface area contributed by atoms with Crippen molar-refractivity contribution in [3.63, 3.8) is 0 Å². The van der Waals surface area contributed by atoms with Gasteiger partial charge in [-0.05, 0) is 61.4 Å². The lowest BCUT2D eigenvalue weighted by Crippen LogP contribution is -2.32. The third-order valence-electron chi connectivity index (χ3n) is 6.70. The van der Waals surface area contributed by atoms with E-state index in [0.717, 1.165) is 29.8 Å². The van der Waals surface area contributed by atoms with Gasteiger partial charge < -0.3 is 19.7 Å². The van der Waals surface area contributed by atoms with Gasteiger partial charge in [0.2, 0.25) is 0 Å². The van der Waals surface area contributed by atoms with Crippen molar-refractivity contribution in [2.24, 2.45) is 5.41 Å². The highest BCUT2D eigenvalue weighted by atomic mass is 16.5. The van der Waals surface area contributed by atoms with Gasteiger partial charge in [0.15, 0.2) is 0 Å². The van der Waals surface area contributed by atoms with Crippen molar-refractivity contribution in [2.75, 3.05) is 13.2 Å². The molecule has 0 aliphatic heterocycles. The van der Waals surface area contributed by atoms with Crippen LogP contribution in [0.1, 0.15) is 81.7 Å². The third-order valence-corrected chi connectivity index (χ3v) is 6.70. The van der Waals surface area contributed by atoms with Crippen LogP contribution < -0.4 is 10.1 Å². The van der Waals surface area contributed by atoms with E-state index in [9.17, 15) is 9.90 Å². The molecule has 0 saturated carbocycles. The number of aliphatic hydroxyl groups excluding tert-OH is 1. The van der Waals surface area contributed by atoms with Gasteiger partial charge in [-0.1, -0.05) is 52.7 Å². The van der Waals surface area contributed by atoms with Crippen LogP contribution in [0, 0.1) is 24.7 Å². The molecule has 0 bridgehead atoms. The first-order valence-electron chi connectivity index (χ1n) is 11.9. The zero-order valence-electron chi connectivity index (χ0n) is 21.3. The van der Waals surface area contributed by atoms with Crippen LogP contribution in [-0.4, -0.2) is 34.8 Å². The van der Waals surface area contributed by atoms with Gasteiger partial charge in [0.25, 0.3) is 5.91 Å². The minimum atomic E-state index is -0.547. The maximum atomic E-state index is 12.7. The number of hydrogen-bond acceptors (Lipinski definition) is 3. The molecular weight excluding hydrogens is 412 g/mol. The number of carbonyl (C=O) groups is 1. The monoisotopic (exact) mass is 452 g/mol. The fourth-order valence-electron chi connectivity index (χ4n) is 4.34. The lowest BCUT2D eigenvalue weighted by Gasteiger charge is -2.35. The molecule has 0 radical (unpaired) electrons. The Morgan fingerprint density at radius 1 is 1.18 bits per heavy atom. The van der Waals surface area contributed by atoms with Crippen LogP contribution in [0.15, 0.2) is 30.3 Å². The summed E-state index contributed by atoms with van der Waals surface area (Å²) >= 11 is 0. The number of aliphatic hydroxyl groups is 1. The van der Waals surface area contributed by atoms with Crippen molar-refractivity contribution >= 4 is 5.91 Å². The normalized spacial score (nSPS) is 12.8. The Balaban J connectivity index is 2.44. The first kappa shape index (κ1) is 26.5. The van der Waals surface area contributed by atoms with Crippen molar-refractivity contribution < 1.29 is 14.6 Å². The molecule has 0 saturated heterocycles. The van der Waals surface area contributed by atoms with Crippen LogP contribution in [0.4, 0.5) is 0 Å². The van der Waals surface area contributed by atoms with Crippen molar-refractivity contribution in [3.8, 4) is 18.1 Å². The van der Waals surface area contributed by atoms with Crippen LogP contribution >= 0.6 is 0 Å². The average Bonchev–Trinajstić information content (AvgIpc) is 3.22. The molecule has 0 spiro atoms. The summed E-state index contributed by atoms with van der Waals surface area (Å²) in [5.41, 5.74) is 3.50. The second kappa shape index (κ2) is 10.9. The predicted octanol–water partition coefficient (Wildman–Crippen LogP) is 5.07. The smallest absolute Gasteiger partial charge is 0.268 e.